The van der Waals surface area contributed by atoms with Crippen molar-refractivity contribution < 1.29 is 27.9 Å². The molecule has 1 aromatic carbocycles. The predicted octanol–water partition coefficient (Wildman–Crippen LogP) is 2.60. The Labute approximate surface area is 144 Å². The van der Waals surface area contributed by atoms with Crippen LogP contribution in [-0.2, 0) is 9.53 Å². The van der Waals surface area contributed by atoms with E-state index in [1.165, 1.54) is 24.5 Å². The normalized spacial score (nSPS) is 11.8. The molecule has 0 aliphatic carbocycles. The molecule has 1 heterocycles. The van der Waals surface area contributed by atoms with Gasteiger partial charge in [0.05, 0.1) is 6.26 Å². The number of carbonyl (C=O) groups is 3. The van der Waals surface area contributed by atoms with Crippen molar-refractivity contribution in [2.75, 3.05) is 6.61 Å². The number of amides is 1. The summed E-state index contributed by atoms with van der Waals surface area (Å²) in [5, 5.41) is 2.52. The van der Waals surface area contributed by atoms with Crippen molar-refractivity contribution in [3.8, 4) is 0 Å². The van der Waals surface area contributed by atoms with Crippen molar-refractivity contribution in [3.05, 3.63) is 59.8 Å². The molecule has 0 fully saturated rings. The highest BCUT2D eigenvalue weighted by molar-refractivity contribution is 5.98. The largest absolute Gasteiger partial charge is 0.459 e. The van der Waals surface area contributed by atoms with Gasteiger partial charge >= 0.3 is 5.97 Å². The number of carbonyl (C=O) groups excluding carboxylic acids is 3. The number of hydrogen-bond donors (Lipinski definition) is 1. The lowest BCUT2D eigenvalue weighted by Gasteiger charge is -2.20. The molecule has 132 valence electrons. The molecule has 0 bridgehead atoms. The average molecular weight is 347 g/mol. The zero-order valence-corrected chi connectivity index (χ0v) is 13.8. The summed E-state index contributed by atoms with van der Waals surface area (Å²) in [6.45, 7) is 2.97. The Morgan fingerprint density at radius 2 is 1.84 bits per heavy atom. The smallest absolute Gasteiger partial charge is 0.329 e. The van der Waals surface area contributed by atoms with Gasteiger partial charge in [0.25, 0.3) is 5.91 Å². The zero-order valence-electron chi connectivity index (χ0n) is 13.8. The van der Waals surface area contributed by atoms with Crippen molar-refractivity contribution in [2.45, 2.75) is 19.9 Å². The minimum Gasteiger partial charge on any atom is -0.459 e. The van der Waals surface area contributed by atoms with Gasteiger partial charge in [-0.25, -0.2) is 9.18 Å². The molecule has 1 atom stereocenters. The van der Waals surface area contributed by atoms with E-state index in [4.69, 9.17) is 9.15 Å². The van der Waals surface area contributed by atoms with E-state index in [-0.39, 0.29) is 17.2 Å². The number of benzene rings is 1. The molecule has 1 N–H and O–H groups in total. The molecule has 25 heavy (non-hydrogen) atoms. The first-order valence-electron chi connectivity index (χ1n) is 7.68. The number of furan rings is 1. The van der Waals surface area contributed by atoms with Crippen LogP contribution in [0.2, 0.25) is 0 Å². The van der Waals surface area contributed by atoms with E-state index in [9.17, 15) is 18.8 Å². The van der Waals surface area contributed by atoms with Crippen LogP contribution in [0.1, 0.15) is 34.8 Å². The first-order valence-corrected chi connectivity index (χ1v) is 7.68. The molecule has 0 aliphatic rings. The van der Waals surface area contributed by atoms with Crippen molar-refractivity contribution in [1.29, 1.82) is 0 Å². The third kappa shape index (κ3) is 5.00. The van der Waals surface area contributed by atoms with Crippen LogP contribution in [0.4, 0.5) is 4.39 Å². The molecular weight excluding hydrogens is 329 g/mol. The number of Topliss-reactive ketones (excluding diaryl/α,β-unsaturated/α-hetero) is 1. The molecule has 0 saturated heterocycles. The maximum absolute atomic E-state index is 12.9. The van der Waals surface area contributed by atoms with E-state index in [1.54, 1.807) is 19.9 Å². The Hall–Kier alpha value is -2.96. The molecular formula is C18H18FNO5. The van der Waals surface area contributed by atoms with Gasteiger partial charge in [-0.1, -0.05) is 13.8 Å². The number of esters is 1. The van der Waals surface area contributed by atoms with Gasteiger partial charge in [-0.05, 0) is 42.3 Å². The van der Waals surface area contributed by atoms with Crippen molar-refractivity contribution in [3.63, 3.8) is 0 Å². The number of ketones is 1. The SMILES string of the molecule is CC(C)[C@H](NC(=O)c1ccco1)C(=O)OCC(=O)c1ccc(F)cc1. The highest BCUT2D eigenvalue weighted by Crippen LogP contribution is 2.09. The lowest BCUT2D eigenvalue weighted by Crippen LogP contribution is -2.45. The lowest BCUT2D eigenvalue weighted by molar-refractivity contribution is -0.145. The van der Waals surface area contributed by atoms with Crippen LogP contribution in [0.5, 0.6) is 0 Å². The zero-order chi connectivity index (χ0) is 18.4. The fourth-order valence-electron chi connectivity index (χ4n) is 2.06. The predicted molar refractivity (Wildman–Crippen MR) is 86.5 cm³/mol. The van der Waals surface area contributed by atoms with Crippen molar-refractivity contribution in [1.82, 2.24) is 5.32 Å². The summed E-state index contributed by atoms with van der Waals surface area (Å²) in [6.07, 6.45) is 1.35. The fourth-order valence-corrected chi connectivity index (χ4v) is 2.06. The van der Waals surface area contributed by atoms with Crippen LogP contribution >= 0.6 is 0 Å². The van der Waals surface area contributed by atoms with Crippen LogP contribution in [0.15, 0.2) is 47.1 Å². The van der Waals surface area contributed by atoms with Crippen LogP contribution in [0.3, 0.4) is 0 Å². The van der Waals surface area contributed by atoms with Gasteiger partial charge in [-0.2, -0.15) is 0 Å². The number of nitrogens with one attached hydrogen (secondary N) is 1. The summed E-state index contributed by atoms with van der Waals surface area (Å²) in [4.78, 5) is 36.2. The standard InChI is InChI=1S/C18H18FNO5/c1-11(2)16(20-17(22)15-4-3-9-24-15)18(23)25-10-14(21)12-5-7-13(19)8-6-12/h3-9,11,16H,10H2,1-2H3,(H,20,22)/t16-/m0/s1. The van der Waals surface area contributed by atoms with E-state index in [0.29, 0.717) is 0 Å². The fraction of sp³-hybridized carbons (Fsp3) is 0.278. The third-order valence-corrected chi connectivity index (χ3v) is 3.46. The summed E-state index contributed by atoms with van der Waals surface area (Å²) in [5.74, 6) is -2.40. The van der Waals surface area contributed by atoms with Crippen molar-refractivity contribution >= 4 is 17.7 Å². The maximum atomic E-state index is 12.9. The monoisotopic (exact) mass is 347 g/mol. The summed E-state index contributed by atoms with van der Waals surface area (Å²) in [7, 11) is 0. The Kier molecular flexibility index (Phi) is 6.05. The highest BCUT2D eigenvalue weighted by atomic mass is 19.1. The van der Waals surface area contributed by atoms with E-state index in [2.05, 4.69) is 5.32 Å². The van der Waals surface area contributed by atoms with E-state index >= 15 is 0 Å². The Balaban J connectivity index is 1.94. The van der Waals surface area contributed by atoms with E-state index in [1.807, 2.05) is 0 Å². The maximum Gasteiger partial charge on any atom is 0.329 e. The molecule has 1 aromatic heterocycles. The van der Waals surface area contributed by atoms with Gasteiger partial charge in [0.15, 0.2) is 18.2 Å². The minimum absolute atomic E-state index is 0.0702. The molecule has 7 heteroatoms. The van der Waals surface area contributed by atoms with Gasteiger partial charge in [0, 0.05) is 5.56 Å². The van der Waals surface area contributed by atoms with E-state index in [0.717, 1.165) is 12.1 Å². The van der Waals surface area contributed by atoms with Gasteiger partial charge in [-0.15, -0.1) is 0 Å². The molecule has 0 saturated carbocycles. The Morgan fingerprint density at radius 3 is 2.40 bits per heavy atom. The summed E-state index contributed by atoms with van der Waals surface area (Å²) >= 11 is 0. The first-order chi connectivity index (χ1) is 11.9. The van der Waals surface area contributed by atoms with E-state index < -0.39 is 36.1 Å². The number of ether oxygens (including phenoxy) is 1. The molecule has 2 aromatic rings. The first kappa shape index (κ1) is 18.4. The molecule has 0 spiro atoms. The molecule has 1 amide bonds. The third-order valence-electron chi connectivity index (χ3n) is 3.46. The lowest BCUT2D eigenvalue weighted by atomic mass is 10.0. The average Bonchev–Trinajstić information content (AvgIpc) is 3.12. The summed E-state index contributed by atoms with van der Waals surface area (Å²) in [6, 6.07) is 7.01. The van der Waals surface area contributed by atoms with Gasteiger partial charge in [0.1, 0.15) is 11.9 Å². The molecule has 6 nitrogen and oxygen atoms in total. The second kappa shape index (κ2) is 8.23. The van der Waals surface area contributed by atoms with Gasteiger partial charge in [0.2, 0.25) is 0 Å². The summed E-state index contributed by atoms with van der Waals surface area (Å²) < 4.78 is 22.8. The topological polar surface area (TPSA) is 85.6 Å². The van der Waals surface area contributed by atoms with Gasteiger partial charge in [-0.3, -0.25) is 9.59 Å². The minimum atomic E-state index is -0.932. The number of rotatable bonds is 7. The van der Waals surface area contributed by atoms with Crippen LogP contribution in [-0.4, -0.2) is 30.3 Å². The number of halogens is 1. The molecule has 0 radical (unpaired) electrons. The van der Waals surface area contributed by atoms with Crippen LogP contribution in [0, 0.1) is 11.7 Å². The molecule has 2 rings (SSSR count). The van der Waals surface area contributed by atoms with Crippen molar-refractivity contribution in [2.24, 2.45) is 5.92 Å². The summed E-state index contributed by atoms with van der Waals surface area (Å²) in [5.41, 5.74) is 0.231. The second-order valence-corrected chi connectivity index (χ2v) is 5.71. The Bertz CT molecular complexity index is 737. The number of hydrogen-bond acceptors (Lipinski definition) is 5. The Morgan fingerprint density at radius 1 is 1.16 bits per heavy atom. The van der Waals surface area contributed by atoms with Crippen LogP contribution < -0.4 is 5.32 Å². The molecule has 0 aliphatic heterocycles. The van der Waals surface area contributed by atoms with Gasteiger partial charge < -0.3 is 14.5 Å². The highest BCUT2D eigenvalue weighted by Gasteiger charge is 2.27. The second-order valence-electron chi connectivity index (χ2n) is 5.71. The van der Waals surface area contributed by atoms with Crippen LogP contribution in [0.25, 0.3) is 0 Å². The quantitative estimate of drug-likeness (QED) is 0.615. The molecule has 0 unspecified atom stereocenters.